The number of allylic oxidation sites excluding steroid dienone is 8. The highest BCUT2D eigenvalue weighted by atomic mass is 16.5. The molecular formula is C16H20O2. The number of carbonyl (C=O) groups is 1. The van der Waals surface area contributed by atoms with Crippen molar-refractivity contribution in [3.8, 4) is 0 Å². The maximum absolute atomic E-state index is 10.3. The van der Waals surface area contributed by atoms with Crippen molar-refractivity contribution in [2.24, 2.45) is 11.8 Å². The van der Waals surface area contributed by atoms with Crippen molar-refractivity contribution >= 4 is 6.47 Å². The maximum Gasteiger partial charge on any atom is 0.293 e. The van der Waals surface area contributed by atoms with Crippen LogP contribution in [0.25, 0.3) is 0 Å². The van der Waals surface area contributed by atoms with Gasteiger partial charge in [-0.05, 0) is 37.5 Å². The summed E-state index contributed by atoms with van der Waals surface area (Å²) in [6.45, 7) is 1.06. The minimum atomic E-state index is 0.496. The summed E-state index contributed by atoms with van der Waals surface area (Å²) in [7, 11) is 0. The molecule has 0 aromatic carbocycles. The Kier molecular flexibility index (Phi) is 5.00. The largest absolute Gasteiger partial charge is 0.468 e. The summed E-state index contributed by atoms with van der Waals surface area (Å²) in [5, 5.41) is 0. The van der Waals surface area contributed by atoms with Gasteiger partial charge < -0.3 is 4.74 Å². The summed E-state index contributed by atoms with van der Waals surface area (Å²) in [5.41, 5.74) is 1.50. The van der Waals surface area contributed by atoms with Gasteiger partial charge in [-0.2, -0.15) is 0 Å². The van der Waals surface area contributed by atoms with E-state index in [0.717, 1.165) is 25.7 Å². The Morgan fingerprint density at radius 3 is 2.94 bits per heavy atom. The van der Waals surface area contributed by atoms with Crippen LogP contribution in [0.4, 0.5) is 0 Å². The molecule has 2 rings (SSSR count). The molecule has 0 aliphatic heterocycles. The third kappa shape index (κ3) is 3.46. The van der Waals surface area contributed by atoms with E-state index in [2.05, 4.69) is 42.5 Å². The van der Waals surface area contributed by atoms with Crippen molar-refractivity contribution < 1.29 is 9.53 Å². The van der Waals surface area contributed by atoms with Crippen LogP contribution in [0.15, 0.2) is 48.1 Å². The first-order valence-corrected chi connectivity index (χ1v) is 6.66. The number of hydrogen-bond donors (Lipinski definition) is 0. The predicted octanol–water partition coefficient (Wildman–Crippen LogP) is 3.57. The van der Waals surface area contributed by atoms with Gasteiger partial charge in [0.15, 0.2) is 0 Å². The van der Waals surface area contributed by atoms with Gasteiger partial charge in [0.05, 0.1) is 6.61 Å². The van der Waals surface area contributed by atoms with Crippen LogP contribution in [0.3, 0.4) is 0 Å². The molecule has 2 unspecified atom stereocenters. The van der Waals surface area contributed by atoms with Crippen molar-refractivity contribution in [2.45, 2.75) is 25.7 Å². The third-order valence-electron chi connectivity index (χ3n) is 3.67. The standard InChI is InChI=1S/C16H20O2/c17-13-18-12-11-16(14-7-3-1-4-8-14)15-9-5-2-6-10-15/h1-5,7,9,13-14,16H,6,8,10-12H2. The number of ether oxygens (including phenoxy) is 1. The molecule has 0 aromatic rings. The Morgan fingerprint density at radius 2 is 2.28 bits per heavy atom. The minimum Gasteiger partial charge on any atom is -0.468 e. The van der Waals surface area contributed by atoms with Crippen LogP contribution in [-0.4, -0.2) is 13.1 Å². The molecule has 0 saturated carbocycles. The van der Waals surface area contributed by atoms with Crippen LogP contribution >= 0.6 is 0 Å². The van der Waals surface area contributed by atoms with E-state index in [4.69, 9.17) is 4.74 Å². The second-order valence-electron chi connectivity index (χ2n) is 4.78. The Morgan fingerprint density at radius 1 is 1.33 bits per heavy atom. The Labute approximate surface area is 109 Å². The lowest BCUT2D eigenvalue weighted by Gasteiger charge is -2.28. The maximum atomic E-state index is 10.3. The highest BCUT2D eigenvalue weighted by molar-refractivity contribution is 5.36. The molecule has 96 valence electrons. The van der Waals surface area contributed by atoms with Crippen LogP contribution in [0.2, 0.25) is 0 Å². The van der Waals surface area contributed by atoms with Crippen LogP contribution in [0.1, 0.15) is 25.7 Å². The molecule has 2 aliphatic carbocycles. The van der Waals surface area contributed by atoms with E-state index in [0.29, 0.717) is 24.9 Å². The Balaban J connectivity index is 2.03. The molecule has 0 aromatic heterocycles. The summed E-state index contributed by atoms with van der Waals surface area (Å²) in [4.78, 5) is 10.3. The highest BCUT2D eigenvalue weighted by Crippen LogP contribution is 2.34. The van der Waals surface area contributed by atoms with Crippen molar-refractivity contribution in [2.75, 3.05) is 6.61 Å². The molecule has 0 saturated heterocycles. The molecule has 0 spiro atoms. The molecule has 2 atom stereocenters. The smallest absolute Gasteiger partial charge is 0.293 e. The molecule has 0 radical (unpaired) electrons. The monoisotopic (exact) mass is 244 g/mol. The van der Waals surface area contributed by atoms with Crippen LogP contribution < -0.4 is 0 Å². The quantitative estimate of drug-likeness (QED) is 0.527. The van der Waals surface area contributed by atoms with Crippen LogP contribution in [0.5, 0.6) is 0 Å². The second kappa shape index (κ2) is 7.00. The fraction of sp³-hybridized carbons (Fsp3) is 0.438. The zero-order chi connectivity index (χ0) is 12.6. The van der Waals surface area contributed by atoms with E-state index in [-0.39, 0.29) is 0 Å². The fourth-order valence-corrected chi connectivity index (χ4v) is 2.75. The molecule has 2 nitrogen and oxygen atoms in total. The van der Waals surface area contributed by atoms with E-state index in [1.54, 1.807) is 0 Å². The topological polar surface area (TPSA) is 26.3 Å². The lowest BCUT2D eigenvalue weighted by Crippen LogP contribution is -2.19. The van der Waals surface area contributed by atoms with E-state index in [9.17, 15) is 4.79 Å². The summed E-state index contributed by atoms with van der Waals surface area (Å²) in [6.07, 6.45) is 19.6. The van der Waals surface area contributed by atoms with Gasteiger partial charge >= 0.3 is 0 Å². The van der Waals surface area contributed by atoms with E-state index in [1.165, 1.54) is 5.57 Å². The first-order chi connectivity index (χ1) is 8.92. The van der Waals surface area contributed by atoms with E-state index in [1.807, 2.05) is 0 Å². The lowest BCUT2D eigenvalue weighted by molar-refractivity contribution is -0.129. The summed E-state index contributed by atoms with van der Waals surface area (Å²) in [6, 6.07) is 0. The Bertz CT molecular complexity index is 388. The number of rotatable bonds is 6. The third-order valence-corrected chi connectivity index (χ3v) is 3.67. The highest BCUT2D eigenvalue weighted by Gasteiger charge is 2.23. The zero-order valence-electron chi connectivity index (χ0n) is 10.6. The van der Waals surface area contributed by atoms with Crippen molar-refractivity contribution in [1.82, 2.24) is 0 Å². The van der Waals surface area contributed by atoms with E-state index < -0.39 is 0 Å². The number of carbonyl (C=O) groups excluding carboxylic acids is 1. The first kappa shape index (κ1) is 12.9. The van der Waals surface area contributed by atoms with Gasteiger partial charge in [0.1, 0.15) is 0 Å². The molecule has 0 amide bonds. The van der Waals surface area contributed by atoms with E-state index >= 15 is 0 Å². The Hall–Kier alpha value is -1.57. The van der Waals surface area contributed by atoms with Gasteiger partial charge in [0.2, 0.25) is 0 Å². The van der Waals surface area contributed by atoms with Crippen LogP contribution in [-0.2, 0) is 9.53 Å². The van der Waals surface area contributed by atoms with Crippen molar-refractivity contribution in [3.05, 3.63) is 48.1 Å². The molecule has 2 aliphatic rings. The van der Waals surface area contributed by atoms with Gasteiger partial charge in [0.25, 0.3) is 6.47 Å². The second-order valence-corrected chi connectivity index (χ2v) is 4.78. The molecule has 0 N–H and O–H groups in total. The summed E-state index contributed by atoms with van der Waals surface area (Å²) >= 11 is 0. The summed E-state index contributed by atoms with van der Waals surface area (Å²) < 4.78 is 4.88. The molecule has 18 heavy (non-hydrogen) atoms. The normalized spacial score (nSPS) is 23.6. The summed E-state index contributed by atoms with van der Waals surface area (Å²) in [5.74, 6) is 1.04. The van der Waals surface area contributed by atoms with Crippen molar-refractivity contribution in [1.29, 1.82) is 0 Å². The van der Waals surface area contributed by atoms with Gasteiger partial charge in [0, 0.05) is 0 Å². The zero-order valence-corrected chi connectivity index (χ0v) is 10.6. The van der Waals surface area contributed by atoms with Gasteiger partial charge in [-0.3, -0.25) is 4.79 Å². The molecule has 2 heteroatoms. The predicted molar refractivity (Wildman–Crippen MR) is 73.0 cm³/mol. The molecule has 0 bridgehead atoms. The van der Waals surface area contributed by atoms with Gasteiger partial charge in [-0.15, -0.1) is 0 Å². The van der Waals surface area contributed by atoms with Crippen LogP contribution in [0, 0.1) is 11.8 Å². The molecular weight excluding hydrogens is 224 g/mol. The molecule has 0 fully saturated rings. The average Bonchev–Trinajstić information content (AvgIpc) is 2.46. The fourth-order valence-electron chi connectivity index (χ4n) is 2.75. The van der Waals surface area contributed by atoms with Crippen molar-refractivity contribution in [3.63, 3.8) is 0 Å². The van der Waals surface area contributed by atoms with Gasteiger partial charge in [-0.1, -0.05) is 48.1 Å². The average molecular weight is 244 g/mol. The SMILES string of the molecule is O=COCCC(C1=CC=CCC1)C1C=CC=CC1. The molecule has 0 heterocycles. The van der Waals surface area contributed by atoms with Gasteiger partial charge in [-0.25, -0.2) is 0 Å². The lowest BCUT2D eigenvalue weighted by atomic mass is 9.77. The first-order valence-electron chi connectivity index (χ1n) is 6.66. The minimum absolute atomic E-state index is 0.496. The number of hydrogen-bond acceptors (Lipinski definition) is 2.